The van der Waals surface area contributed by atoms with E-state index in [-0.39, 0.29) is 5.78 Å². The lowest BCUT2D eigenvalue weighted by Crippen LogP contribution is -2.02. The van der Waals surface area contributed by atoms with Crippen molar-refractivity contribution in [3.63, 3.8) is 0 Å². The molecular formula is C10H9BrN2OS. The number of hydrogen-bond donors (Lipinski definition) is 0. The van der Waals surface area contributed by atoms with Gasteiger partial charge in [-0.25, -0.2) is 0 Å². The van der Waals surface area contributed by atoms with Crippen molar-refractivity contribution >= 4 is 33.0 Å². The topological polar surface area (TPSA) is 34.9 Å². The third kappa shape index (κ3) is 1.77. The highest BCUT2D eigenvalue weighted by Crippen LogP contribution is 2.24. The van der Waals surface area contributed by atoms with Gasteiger partial charge >= 0.3 is 0 Å². The van der Waals surface area contributed by atoms with E-state index < -0.39 is 0 Å². The van der Waals surface area contributed by atoms with E-state index in [2.05, 4.69) is 21.0 Å². The van der Waals surface area contributed by atoms with Crippen LogP contribution in [0, 0.1) is 6.92 Å². The maximum Gasteiger partial charge on any atom is 0.198 e. The first-order chi connectivity index (χ1) is 7.11. The van der Waals surface area contributed by atoms with E-state index in [9.17, 15) is 4.79 Å². The maximum atomic E-state index is 12.1. The quantitative estimate of drug-likeness (QED) is 0.795. The largest absolute Gasteiger partial charge is 0.288 e. The summed E-state index contributed by atoms with van der Waals surface area (Å²) in [7, 11) is 1.83. The minimum Gasteiger partial charge on any atom is -0.288 e. The Hall–Kier alpha value is -0.940. The van der Waals surface area contributed by atoms with Gasteiger partial charge in [-0.2, -0.15) is 16.4 Å². The molecule has 0 radical (unpaired) electrons. The van der Waals surface area contributed by atoms with E-state index in [1.54, 1.807) is 10.9 Å². The molecule has 0 aliphatic rings. The van der Waals surface area contributed by atoms with Gasteiger partial charge in [0, 0.05) is 33.5 Å². The lowest BCUT2D eigenvalue weighted by atomic mass is 10.1. The number of hydrogen-bond acceptors (Lipinski definition) is 3. The summed E-state index contributed by atoms with van der Waals surface area (Å²) < 4.78 is 2.55. The van der Waals surface area contributed by atoms with Crippen molar-refractivity contribution < 1.29 is 4.79 Å². The zero-order valence-corrected chi connectivity index (χ0v) is 10.7. The Morgan fingerprint density at radius 3 is 2.67 bits per heavy atom. The van der Waals surface area contributed by atoms with E-state index >= 15 is 0 Å². The van der Waals surface area contributed by atoms with Crippen molar-refractivity contribution in [2.75, 3.05) is 0 Å². The number of halogens is 1. The van der Waals surface area contributed by atoms with Crippen LogP contribution in [-0.2, 0) is 7.05 Å². The SMILES string of the molecule is Cc1c(C(=O)c2cscc2Br)cnn1C. The van der Waals surface area contributed by atoms with E-state index in [0.717, 1.165) is 10.2 Å². The van der Waals surface area contributed by atoms with Crippen molar-refractivity contribution in [3.8, 4) is 0 Å². The molecule has 5 heteroatoms. The normalized spacial score (nSPS) is 10.6. The van der Waals surface area contributed by atoms with Crippen LogP contribution in [-0.4, -0.2) is 15.6 Å². The molecule has 0 aliphatic carbocycles. The summed E-state index contributed by atoms with van der Waals surface area (Å²) in [6, 6.07) is 0. The first-order valence-corrected chi connectivity index (χ1v) is 6.10. The highest BCUT2D eigenvalue weighted by molar-refractivity contribution is 9.10. The van der Waals surface area contributed by atoms with Crippen LogP contribution in [0.25, 0.3) is 0 Å². The Morgan fingerprint density at radius 2 is 2.20 bits per heavy atom. The second-order valence-corrected chi connectivity index (χ2v) is 4.83. The first-order valence-electron chi connectivity index (χ1n) is 4.36. The molecule has 0 N–H and O–H groups in total. The van der Waals surface area contributed by atoms with Gasteiger partial charge in [-0.15, -0.1) is 0 Å². The van der Waals surface area contributed by atoms with Gasteiger partial charge in [0.25, 0.3) is 0 Å². The fraction of sp³-hybridized carbons (Fsp3) is 0.200. The van der Waals surface area contributed by atoms with Crippen molar-refractivity contribution in [1.82, 2.24) is 9.78 Å². The summed E-state index contributed by atoms with van der Waals surface area (Å²) in [6.07, 6.45) is 1.61. The maximum absolute atomic E-state index is 12.1. The van der Waals surface area contributed by atoms with E-state index in [0.29, 0.717) is 11.1 Å². The third-order valence-corrected chi connectivity index (χ3v) is 4.04. The molecule has 2 rings (SSSR count). The second-order valence-electron chi connectivity index (χ2n) is 3.23. The van der Waals surface area contributed by atoms with Gasteiger partial charge in [-0.05, 0) is 22.9 Å². The number of carbonyl (C=O) groups is 1. The van der Waals surface area contributed by atoms with Crippen LogP contribution in [0.2, 0.25) is 0 Å². The van der Waals surface area contributed by atoms with Crippen molar-refractivity contribution in [3.05, 3.63) is 38.3 Å². The summed E-state index contributed by atoms with van der Waals surface area (Å²) in [5.74, 6) is 0.0220. The fourth-order valence-corrected chi connectivity index (χ4v) is 2.76. The van der Waals surface area contributed by atoms with Crippen LogP contribution in [0.1, 0.15) is 21.6 Å². The molecule has 0 amide bonds. The highest BCUT2D eigenvalue weighted by Gasteiger charge is 2.17. The summed E-state index contributed by atoms with van der Waals surface area (Å²) in [5, 5.41) is 7.81. The molecule has 15 heavy (non-hydrogen) atoms. The zero-order valence-electron chi connectivity index (χ0n) is 8.32. The predicted octanol–water partition coefficient (Wildman–Crippen LogP) is 2.78. The van der Waals surface area contributed by atoms with Crippen LogP contribution in [0.15, 0.2) is 21.4 Å². The Balaban J connectivity index is 2.46. The van der Waals surface area contributed by atoms with Gasteiger partial charge in [-0.1, -0.05) is 0 Å². The van der Waals surface area contributed by atoms with Gasteiger partial charge in [0.05, 0.1) is 11.8 Å². The van der Waals surface area contributed by atoms with Crippen LogP contribution >= 0.6 is 27.3 Å². The van der Waals surface area contributed by atoms with Crippen LogP contribution in [0.3, 0.4) is 0 Å². The summed E-state index contributed by atoms with van der Waals surface area (Å²) in [4.78, 5) is 12.1. The summed E-state index contributed by atoms with van der Waals surface area (Å²) in [6.45, 7) is 1.89. The van der Waals surface area contributed by atoms with E-state index in [1.165, 1.54) is 11.3 Å². The van der Waals surface area contributed by atoms with Gasteiger partial charge in [0.1, 0.15) is 0 Å². The standard InChI is InChI=1S/C10H9BrN2OS/c1-6-7(3-12-13(6)2)10(14)8-4-15-5-9(8)11/h3-5H,1-2H3. The number of carbonyl (C=O) groups excluding carboxylic acids is 1. The Bertz CT molecular complexity index is 515. The molecule has 0 unspecified atom stereocenters. The third-order valence-electron chi connectivity index (χ3n) is 2.34. The number of nitrogens with zero attached hydrogens (tertiary/aromatic N) is 2. The fourth-order valence-electron chi connectivity index (χ4n) is 1.31. The van der Waals surface area contributed by atoms with Crippen molar-refractivity contribution in [1.29, 1.82) is 0 Å². The van der Waals surface area contributed by atoms with E-state index in [1.807, 2.05) is 24.7 Å². The molecule has 0 aromatic carbocycles. The average molecular weight is 285 g/mol. The molecule has 2 aromatic heterocycles. The molecule has 0 saturated heterocycles. The zero-order chi connectivity index (χ0) is 11.0. The lowest BCUT2D eigenvalue weighted by Gasteiger charge is -1.98. The van der Waals surface area contributed by atoms with Crippen LogP contribution < -0.4 is 0 Å². The van der Waals surface area contributed by atoms with Gasteiger partial charge in [-0.3, -0.25) is 9.48 Å². The molecule has 0 aliphatic heterocycles. The number of rotatable bonds is 2. The molecule has 0 bridgehead atoms. The summed E-state index contributed by atoms with van der Waals surface area (Å²) >= 11 is 4.86. The average Bonchev–Trinajstić information content (AvgIpc) is 2.75. The van der Waals surface area contributed by atoms with Crippen LogP contribution in [0.5, 0.6) is 0 Å². The molecular weight excluding hydrogens is 276 g/mol. The molecule has 0 atom stereocenters. The molecule has 78 valence electrons. The molecule has 0 saturated carbocycles. The Kier molecular flexibility index (Phi) is 2.75. The Morgan fingerprint density at radius 1 is 1.47 bits per heavy atom. The second kappa shape index (κ2) is 3.90. The highest BCUT2D eigenvalue weighted by atomic mass is 79.9. The lowest BCUT2D eigenvalue weighted by molar-refractivity contribution is 0.103. The van der Waals surface area contributed by atoms with Crippen molar-refractivity contribution in [2.45, 2.75) is 6.92 Å². The smallest absolute Gasteiger partial charge is 0.198 e. The molecule has 2 aromatic rings. The van der Waals surface area contributed by atoms with Gasteiger partial charge in [0.2, 0.25) is 0 Å². The Labute approximate surface area is 99.9 Å². The minimum atomic E-state index is 0.0220. The number of aryl methyl sites for hydroxylation is 1. The number of ketones is 1. The molecule has 0 fully saturated rings. The minimum absolute atomic E-state index is 0.0220. The monoisotopic (exact) mass is 284 g/mol. The van der Waals surface area contributed by atoms with Gasteiger partial charge < -0.3 is 0 Å². The first kappa shape index (κ1) is 10.6. The molecule has 0 spiro atoms. The van der Waals surface area contributed by atoms with E-state index in [4.69, 9.17) is 0 Å². The van der Waals surface area contributed by atoms with Crippen molar-refractivity contribution in [2.24, 2.45) is 7.05 Å². The number of aromatic nitrogens is 2. The number of thiophene rings is 1. The van der Waals surface area contributed by atoms with Gasteiger partial charge in [0.15, 0.2) is 5.78 Å². The van der Waals surface area contributed by atoms with Crippen LogP contribution in [0.4, 0.5) is 0 Å². The summed E-state index contributed by atoms with van der Waals surface area (Å²) in [5.41, 5.74) is 2.26. The molecule has 3 nitrogen and oxygen atoms in total. The molecule has 2 heterocycles. The predicted molar refractivity (Wildman–Crippen MR) is 63.4 cm³/mol.